The van der Waals surface area contributed by atoms with Gasteiger partial charge < -0.3 is 5.32 Å². The molecule has 0 bridgehead atoms. The summed E-state index contributed by atoms with van der Waals surface area (Å²) >= 11 is 7.78. The van der Waals surface area contributed by atoms with Crippen LogP contribution in [0, 0.1) is 0 Å². The van der Waals surface area contributed by atoms with Crippen molar-refractivity contribution in [1.29, 1.82) is 0 Å². The van der Waals surface area contributed by atoms with E-state index in [1.807, 2.05) is 18.2 Å². The van der Waals surface area contributed by atoms with Crippen LogP contribution in [-0.4, -0.2) is 23.2 Å². The molecule has 1 heterocycles. The zero-order valence-electron chi connectivity index (χ0n) is 14.0. The maximum atomic E-state index is 12.1. The van der Waals surface area contributed by atoms with Crippen LogP contribution < -0.4 is 5.32 Å². The van der Waals surface area contributed by atoms with Crippen molar-refractivity contribution in [2.75, 3.05) is 12.3 Å². The monoisotopic (exact) mass is 362 g/mol. The van der Waals surface area contributed by atoms with Gasteiger partial charge in [-0.25, -0.2) is 0 Å². The first-order valence-corrected chi connectivity index (χ1v) is 10.1. The molecule has 24 heavy (non-hydrogen) atoms. The summed E-state index contributed by atoms with van der Waals surface area (Å²) in [7, 11) is 0. The lowest BCUT2D eigenvalue weighted by Crippen LogP contribution is -2.26. The minimum atomic E-state index is 0.108. The number of carbonyl (C=O) groups is 1. The van der Waals surface area contributed by atoms with Gasteiger partial charge in [0.25, 0.3) is 0 Å². The van der Waals surface area contributed by atoms with E-state index in [1.54, 1.807) is 11.8 Å². The summed E-state index contributed by atoms with van der Waals surface area (Å²) in [6.07, 6.45) is 6.59. The van der Waals surface area contributed by atoms with Crippen LogP contribution in [0.1, 0.15) is 43.9 Å². The second kappa shape index (κ2) is 8.21. The second-order valence-electron chi connectivity index (χ2n) is 6.23. The van der Waals surface area contributed by atoms with Crippen molar-refractivity contribution in [3.8, 4) is 0 Å². The topological polar surface area (TPSA) is 42.0 Å². The van der Waals surface area contributed by atoms with E-state index in [0.29, 0.717) is 10.8 Å². The molecule has 0 radical (unpaired) electrons. The average Bonchev–Trinajstić information content (AvgIpc) is 2.58. The Hall–Kier alpha value is -1.26. The maximum Gasteiger partial charge on any atom is 0.230 e. The van der Waals surface area contributed by atoms with Crippen molar-refractivity contribution >= 4 is 40.2 Å². The Morgan fingerprint density at radius 2 is 2.17 bits per heavy atom. The lowest BCUT2D eigenvalue weighted by molar-refractivity contribution is -0.118. The first-order valence-electron chi connectivity index (χ1n) is 8.69. The molecular weight excluding hydrogens is 340 g/mol. The summed E-state index contributed by atoms with van der Waals surface area (Å²) in [6.45, 7) is 2.89. The molecule has 5 heteroatoms. The first-order chi connectivity index (χ1) is 11.7. The molecule has 2 aromatic rings. The number of aromatic nitrogens is 1. The Morgan fingerprint density at radius 3 is 3.00 bits per heavy atom. The van der Waals surface area contributed by atoms with E-state index in [-0.39, 0.29) is 5.91 Å². The lowest BCUT2D eigenvalue weighted by atomic mass is 9.94. The molecule has 1 aliphatic rings. The Bertz CT molecular complexity index is 748. The van der Waals surface area contributed by atoms with Crippen LogP contribution in [0.3, 0.4) is 0 Å². The van der Waals surface area contributed by atoms with Gasteiger partial charge in [-0.1, -0.05) is 31.0 Å². The zero-order valence-corrected chi connectivity index (χ0v) is 15.6. The normalized spacial score (nSPS) is 13.8. The molecule has 0 aliphatic heterocycles. The summed E-state index contributed by atoms with van der Waals surface area (Å²) in [6, 6.07) is 5.88. The number of aryl methyl sites for hydroxylation is 1. The van der Waals surface area contributed by atoms with Gasteiger partial charge in [-0.2, -0.15) is 0 Å². The summed E-state index contributed by atoms with van der Waals surface area (Å²) < 4.78 is 0. The van der Waals surface area contributed by atoms with E-state index in [2.05, 4.69) is 12.2 Å². The molecule has 0 unspecified atom stereocenters. The predicted molar refractivity (Wildman–Crippen MR) is 102 cm³/mol. The molecule has 1 aromatic carbocycles. The van der Waals surface area contributed by atoms with E-state index in [0.717, 1.165) is 43.1 Å². The second-order valence-corrected chi connectivity index (χ2v) is 7.65. The highest BCUT2D eigenvalue weighted by Crippen LogP contribution is 2.36. The van der Waals surface area contributed by atoms with Gasteiger partial charge in [0.1, 0.15) is 0 Å². The van der Waals surface area contributed by atoms with Gasteiger partial charge in [0.2, 0.25) is 5.91 Å². The standard InChI is InChI=1S/C19H23ClN2OS/c1-2-3-10-21-18(23)12-24-19-14-6-4-5-7-16(14)22-17-11-13(20)8-9-15(17)19/h8-9,11H,2-7,10,12H2,1H3,(H,21,23). The third-order valence-electron chi connectivity index (χ3n) is 4.37. The maximum absolute atomic E-state index is 12.1. The van der Waals surface area contributed by atoms with E-state index >= 15 is 0 Å². The molecule has 3 rings (SSSR count). The molecule has 0 saturated heterocycles. The third-order valence-corrected chi connectivity index (χ3v) is 5.77. The van der Waals surface area contributed by atoms with Gasteiger partial charge in [0.15, 0.2) is 0 Å². The summed E-state index contributed by atoms with van der Waals surface area (Å²) in [5, 5.41) is 4.82. The lowest BCUT2D eigenvalue weighted by Gasteiger charge is -2.20. The van der Waals surface area contributed by atoms with E-state index in [4.69, 9.17) is 16.6 Å². The number of fused-ring (bicyclic) bond motifs is 2. The van der Waals surface area contributed by atoms with E-state index in [1.165, 1.54) is 29.0 Å². The van der Waals surface area contributed by atoms with Crippen molar-refractivity contribution in [3.05, 3.63) is 34.5 Å². The number of unbranched alkanes of at least 4 members (excludes halogenated alkanes) is 1. The summed E-state index contributed by atoms with van der Waals surface area (Å²) in [5.41, 5.74) is 3.46. The van der Waals surface area contributed by atoms with Gasteiger partial charge in [0.05, 0.1) is 11.3 Å². The van der Waals surface area contributed by atoms with Gasteiger partial charge in [-0.3, -0.25) is 9.78 Å². The van der Waals surface area contributed by atoms with Crippen LogP contribution in [0.2, 0.25) is 5.02 Å². The number of halogens is 1. The Kier molecular flexibility index (Phi) is 6.01. The highest BCUT2D eigenvalue weighted by Gasteiger charge is 2.19. The van der Waals surface area contributed by atoms with Gasteiger partial charge in [-0.15, -0.1) is 11.8 Å². The minimum absolute atomic E-state index is 0.108. The molecule has 1 amide bonds. The van der Waals surface area contributed by atoms with Crippen molar-refractivity contribution in [1.82, 2.24) is 10.3 Å². The number of pyridine rings is 1. The Labute approximate surface area is 152 Å². The Morgan fingerprint density at radius 1 is 1.33 bits per heavy atom. The van der Waals surface area contributed by atoms with E-state index in [9.17, 15) is 4.79 Å². The third kappa shape index (κ3) is 4.04. The number of benzene rings is 1. The molecule has 1 aliphatic carbocycles. The number of hydrogen-bond acceptors (Lipinski definition) is 3. The highest BCUT2D eigenvalue weighted by molar-refractivity contribution is 8.00. The summed E-state index contributed by atoms with van der Waals surface area (Å²) in [5.74, 6) is 0.565. The number of thioether (sulfide) groups is 1. The van der Waals surface area contributed by atoms with Crippen molar-refractivity contribution in [3.63, 3.8) is 0 Å². The fraction of sp³-hybridized carbons (Fsp3) is 0.474. The molecule has 0 saturated carbocycles. The fourth-order valence-corrected chi connectivity index (χ4v) is 4.38. The molecule has 0 spiro atoms. The van der Waals surface area contributed by atoms with Crippen LogP contribution in [0.5, 0.6) is 0 Å². The van der Waals surface area contributed by atoms with Gasteiger partial charge in [-0.05, 0) is 49.8 Å². The minimum Gasteiger partial charge on any atom is -0.355 e. The number of nitrogens with zero attached hydrogens (tertiary/aromatic N) is 1. The number of amides is 1. The first kappa shape index (κ1) is 17.6. The number of carbonyl (C=O) groups excluding carboxylic acids is 1. The average molecular weight is 363 g/mol. The molecule has 0 fully saturated rings. The molecule has 3 nitrogen and oxygen atoms in total. The van der Waals surface area contributed by atoms with Crippen LogP contribution in [0.15, 0.2) is 23.1 Å². The number of hydrogen-bond donors (Lipinski definition) is 1. The van der Waals surface area contributed by atoms with Crippen molar-refractivity contribution in [2.24, 2.45) is 0 Å². The van der Waals surface area contributed by atoms with Crippen LogP contribution in [0.4, 0.5) is 0 Å². The van der Waals surface area contributed by atoms with Crippen molar-refractivity contribution < 1.29 is 4.79 Å². The SMILES string of the molecule is CCCCNC(=O)CSc1c2c(nc3cc(Cl)ccc13)CCCC2. The zero-order chi connectivity index (χ0) is 16.9. The molecular formula is C19H23ClN2OS. The van der Waals surface area contributed by atoms with Crippen LogP contribution in [-0.2, 0) is 17.6 Å². The van der Waals surface area contributed by atoms with Crippen molar-refractivity contribution in [2.45, 2.75) is 50.3 Å². The Balaban J connectivity index is 1.86. The predicted octanol–water partition coefficient (Wildman–Crippen LogP) is 4.78. The highest BCUT2D eigenvalue weighted by atomic mass is 35.5. The van der Waals surface area contributed by atoms with Gasteiger partial charge in [0, 0.05) is 27.5 Å². The molecule has 1 aromatic heterocycles. The molecule has 128 valence electrons. The van der Waals surface area contributed by atoms with Crippen LogP contribution in [0.25, 0.3) is 10.9 Å². The number of rotatable bonds is 6. The van der Waals surface area contributed by atoms with E-state index < -0.39 is 0 Å². The largest absolute Gasteiger partial charge is 0.355 e. The smallest absolute Gasteiger partial charge is 0.230 e. The van der Waals surface area contributed by atoms with Crippen LogP contribution >= 0.6 is 23.4 Å². The number of nitrogens with one attached hydrogen (secondary N) is 1. The molecule has 1 N–H and O–H groups in total. The fourth-order valence-electron chi connectivity index (χ4n) is 3.11. The quantitative estimate of drug-likeness (QED) is 0.594. The summed E-state index contributed by atoms with van der Waals surface area (Å²) in [4.78, 5) is 18.1. The van der Waals surface area contributed by atoms with Gasteiger partial charge >= 0.3 is 0 Å². The molecule has 0 atom stereocenters.